The van der Waals surface area contributed by atoms with Gasteiger partial charge in [-0.05, 0) is 44.1 Å². The standard InChI is InChI=1S/C17H28N4O/c1-4-14-7-5-6-12-21(14)16(22)15-9-11-19-17(20-15)18-10-8-13(2)3/h9,11,13-14H,4-8,10,12H2,1-3H3,(H,18,19,20). The van der Waals surface area contributed by atoms with Crippen molar-refractivity contribution in [2.75, 3.05) is 18.4 Å². The maximum atomic E-state index is 12.7. The van der Waals surface area contributed by atoms with E-state index in [9.17, 15) is 4.79 Å². The number of amides is 1. The molecule has 2 heterocycles. The van der Waals surface area contributed by atoms with Gasteiger partial charge in [-0.3, -0.25) is 4.79 Å². The zero-order valence-corrected chi connectivity index (χ0v) is 14.0. The van der Waals surface area contributed by atoms with E-state index in [-0.39, 0.29) is 5.91 Å². The van der Waals surface area contributed by atoms with Gasteiger partial charge in [-0.1, -0.05) is 20.8 Å². The van der Waals surface area contributed by atoms with Crippen LogP contribution in [0.5, 0.6) is 0 Å². The Balaban J connectivity index is 2.03. The molecule has 1 saturated heterocycles. The first-order valence-electron chi connectivity index (χ1n) is 8.49. The molecule has 1 unspecified atom stereocenters. The Bertz CT molecular complexity index is 489. The topological polar surface area (TPSA) is 58.1 Å². The summed E-state index contributed by atoms with van der Waals surface area (Å²) in [6, 6.07) is 2.07. The third-order valence-corrected chi connectivity index (χ3v) is 4.24. The molecule has 122 valence electrons. The van der Waals surface area contributed by atoms with Gasteiger partial charge in [0.2, 0.25) is 5.95 Å². The van der Waals surface area contributed by atoms with Crippen LogP contribution in [-0.4, -0.2) is 39.9 Å². The SMILES string of the molecule is CCC1CCCCN1C(=O)c1ccnc(NCCC(C)C)n1. The minimum absolute atomic E-state index is 0.0425. The van der Waals surface area contributed by atoms with Crippen molar-refractivity contribution < 1.29 is 4.79 Å². The van der Waals surface area contributed by atoms with Crippen molar-refractivity contribution in [2.24, 2.45) is 5.92 Å². The first-order valence-corrected chi connectivity index (χ1v) is 8.49. The fourth-order valence-electron chi connectivity index (χ4n) is 2.88. The van der Waals surface area contributed by atoms with Crippen molar-refractivity contribution in [1.29, 1.82) is 0 Å². The van der Waals surface area contributed by atoms with Crippen LogP contribution < -0.4 is 5.32 Å². The van der Waals surface area contributed by atoms with Crippen LogP contribution in [0.1, 0.15) is 63.4 Å². The van der Waals surface area contributed by atoms with Gasteiger partial charge < -0.3 is 10.2 Å². The van der Waals surface area contributed by atoms with E-state index in [2.05, 4.69) is 36.1 Å². The Kier molecular flexibility index (Phi) is 6.16. The molecule has 1 amide bonds. The van der Waals surface area contributed by atoms with E-state index in [1.165, 1.54) is 6.42 Å². The van der Waals surface area contributed by atoms with E-state index >= 15 is 0 Å². The Morgan fingerprint density at radius 3 is 3.00 bits per heavy atom. The molecular weight excluding hydrogens is 276 g/mol. The smallest absolute Gasteiger partial charge is 0.272 e. The highest BCUT2D eigenvalue weighted by Gasteiger charge is 2.27. The number of carbonyl (C=O) groups is 1. The Labute approximate surface area is 133 Å². The maximum Gasteiger partial charge on any atom is 0.272 e. The van der Waals surface area contributed by atoms with Crippen LogP contribution in [0, 0.1) is 5.92 Å². The number of hydrogen-bond donors (Lipinski definition) is 1. The summed E-state index contributed by atoms with van der Waals surface area (Å²) in [7, 11) is 0. The number of aromatic nitrogens is 2. The number of piperidine rings is 1. The minimum Gasteiger partial charge on any atom is -0.354 e. The number of carbonyl (C=O) groups excluding carboxylic acids is 1. The Morgan fingerprint density at radius 1 is 1.45 bits per heavy atom. The summed E-state index contributed by atoms with van der Waals surface area (Å²) >= 11 is 0. The lowest BCUT2D eigenvalue weighted by molar-refractivity contribution is 0.0602. The molecule has 1 aliphatic heterocycles. The molecule has 1 N–H and O–H groups in total. The second-order valence-electron chi connectivity index (χ2n) is 6.43. The lowest BCUT2D eigenvalue weighted by atomic mass is 9.99. The summed E-state index contributed by atoms with van der Waals surface area (Å²) in [6.45, 7) is 8.19. The Morgan fingerprint density at radius 2 is 2.27 bits per heavy atom. The lowest BCUT2D eigenvalue weighted by Gasteiger charge is -2.35. The first kappa shape index (κ1) is 16.7. The molecule has 1 aromatic rings. The quantitative estimate of drug-likeness (QED) is 0.875. The van der Waals surface area contributed by atoms with Gasteiger partial charge in [0.05, 0.1) is 0 Å². The van der Waals surface area contributed by atoms with Crippen LogP contribution in [-0.2, 0) is 0 Å². The van der Waals surface area contributed by atoms with Crippen LogP contribution in [0.3, 0.4) is 0 Å². The third-order valence-electron chi connectivity index (χ3n) is 4.24. The van der Waals surface area contributed by atoms with Gasteiger partial charge in [-0.2, -0.15) is 0 Å². The summed E-state index contributed by atoms with van der Waals surface area (Å²) in [5.41, 5.74) is 0.502. The molecule has 2 rings (SSSR count). The molecule has 1 atom stereocenters. The van der Waals surface area contributed by atoms with Gasteiger partial charge in [0.1, 0.15) is 5.69 Å². The number of rotatable bonds is 6. The highest BCUT2D eigenvalue weighted by atomic mass is 16.2. The zero-order chi connectivity index (χ0) is 15.9. The normalized spacial score (nSPS) is 18.5. The molecule has 0 spiro atoms. The molecular formula is C17H28N4O. The predicted octanol–water partition coefficient (Wildman–Crippen LogP) is 3.34. The van der Waals surface area contributed by atoms with Gasteiger partial charge in [0.25, 0.3) is 5.91 Å². The summed E-state index contributed by atoms with van der Waals surface area (Å²) in [5, 5.41) is 3.21. The second-order valence-corrected chi connectivity index (χ2v) is 6.43. The number of nitrogens with zero attached hydrogens (tertiary/aromatic N) is 3. The van der Waals surface area contributed by atoms with Crippen LogP contribution in [0.25, 0.3) is 0 Å². The van der Waals surface area contributed by atoms with E-state index in [4.69, 9.17) is 0 Å². The van der Waals surface area contributed by atoms with Crippen molar-refractivity contribution >= 4 is 11.9 Å². The van der Waals surface area contributed by atoms with Gasteiger partial charge >= 0.3 is 0 Å². The molecule has 0 radical (unpaired) electrons. The number of anilines is 1. The lowest BCUT2D eigenvalue weighted by Crippen LogP contribution is -2.43. The largest absolute Gasteiger partial charge is 0.354 e. The van der Waals surface area contributed by atoms with Gasteiger partial charge in [-0.25, -0.2) is 9.97 Å². The highest BCUT2D eigenvalue weighted by molar-refractivity contribution is 5.92. The Hall–Kier alpha value is -1.65. The van der Waals surface area contributed by atoms with Crippen LogP contribution in [0.4, 0.5) is 5.95 Å². The van der Waals surface area contributed by atoms with Crippen LogP contribution in [0.15, 0.2) is 12.3 Å². The summed E-state index contributed by atoms with van der Waals surface area (Å²) in [6.07, 6.45) is 7.15. The summed E-state index contributed by atoms with van der Waals surface area (Å²) < 4.78 is 0. The van der Waals surface area contributed by atoms with Crippen LogP contribution in [0.2, 0.25) is 0 Å². The molecule has 5 nitrogen and oxygen atoms in total. The molecule has 1 fully saturated rings. The molecule has 0 bridgehead atoms. The van der Waals surface area contributed by atoms with E-state index in [0.29, 0.717) is 23.6 Å². The highest BCUT2D eigenvalue weighted by Crippen LogP contribution is 2.21. The summed E-state index contributed by atoms with van der Waals surface area (Å²) in [5.74, 6) is 1.23. The molecule has 0 aliphatic carbocycles. The zero-order valence-electron chi connectivity index (χ0n) is 14.0. The van der Waals surface area contributed by atoms with Crippen molar-refractivity contribution in [3.63, 3.8) is 0 Å². The van der Waals surface area contributed by atoms with Crippen molar-refractivity contribution in [3.05, 3.63) is 18.0 Å². The average Bonchev–Trinajstić information content (AvgIpc) is 2.54. The maximum absolute atomic E-state index is 12.7. The molecule has 0 saturated carbocycles. The fourth-order valence-corrected chi connectivity index (χ4v) is 2.88. The first-order chi connectivity index (χ1) is 10.6. The van der Waals surface area contributed by atoms with Gasteiger partial charge in [0.15, 0.2) is 0 Å². The number of hydrogen-bond acceptors (Lipinski definition) is 4. The van der Waals surface area contributed by atoms with Gasteiger partial charge in [0, 0.05) is 25.3 Å². The number of nitrogens with one attached hydrogen (secondary N) is 1. The van der Waals surface area contributed by atoms with Crippen molar-refractivity contribution in [3.8, 4) is 0 Å². The predicted molar refractivity (Wildman–Crippen MR) is 88.9 cm³/mol. The average molecular weight is 304 g/mol. The van der Waals surface area contributed by atoms with Crippen molar-refractivity contribution in [2.45, 2.75) is 58.9 Å². The van der Waals surface area contributed by atoms with E-state index < -0.39 is 0 Å². The third kappa shape index (κ3) is 4.42. The second kappa shape index (κ2) is 8.11. The van der Waals surface area contributed by atoms with E-state index in [1.54, 1.807) is 12.3 Å². The summed E-state index contributed by atoms with van der Waals surface area (Å²) in [4.78, 5) is 23.3. The molecule has 1 aliphatic rings. The monoisotopic (exact) mass is 304 g/mol. The fraction of sp³-hybridized carbons (Fsp3) is 0.706. The molecule has 22 heavy (non-hydrogen) atoms. The minimum atomic E-state index is 0.0425. The molecule has 0 aromatic carbocycles. The van der Waals surface area contributed by atoms with Crippen molar-refractivity contribution in [1.82, 2.24) is 14.9 Å². The van der Waals surface area contributed by atoms with E-state index in [0.717, 1.165) is 38.8 Å². The number of likely N-dealkylation sites (tertiary alicyclic amines) is 1. The molecule has 1 aromatic heterocycles. The van der Waals surface area contributed by atoms with Crippen LogP contribution >= 0.6 is 0 Å². The molecule has 5 heteroatoms. The van der Waals surface area contributed by atoms with Gasteiger partial charge in [-0.15, -0.1) is 0 Å². The van der Waals surface area contributed by atoms with E-state index in [1.807, 2.05) is 4.90 Å².